The Hall–Kier alpha value is -3.07. The first-order valence-corrected chi connectivity index (χ1v) is 9.97. The molecule has 0 spiro atoms. The minimum atomic E-state index is -0.425. The summed E-state index contributed by atoms with van der Waals surface area (Å²) in [4.78, 5) is 25.6. The lowest BCUT2D eigenvalue weighted by atomic mass is 9.95. The summed E-state index contributed by atoms with van der Waals surface area (Å²) in [5, 5.41) is 4.08. The van der Waals surface area contributed by atoms with Gasteiger partial charge in [-0.25, -0.2) is 0 Å². The molecule has 0 aliphatic carbocycles. The average molecular weight is 498 g/mol. The largest absolute Gasteiger partial charge is 0.496 e. The van der Waals surface area contributed by atoms with Crippen molar-refractivity contribution >= 4 is 67.4 Å². The van der Waals surface area contributed by atoms with E-state index >= 15 is 0 Å². The van der Waals surface area contributed by atoms with Gasteiger partial charge in [0.2, 0.25) is 0 Å². The van der Waals surface area contributed by atoms with E-state index in [1.54, 1.807) is 7.11 Å². The summed E-state index contributed by atoms with van der Waals surface area (Å²) in [6.07, 6.45) is 3.41. The monoisotopic (exact) mass is 498 g/mol. The summed E-state index contributed by atoms with van der Waals surface area (Å²) in [6, 6.07) is 11.4. The summed E-state index contributed by atoms with van der Waals surface area (Å²) in [5.41, 5.74) is 3.56. The van der Waals surface area contributed by atoms with Gasteiger partial charge in [-0.15, -0.1) is 0 Å². The van der Waals surface area contributed by atoms with Gasteiger partial charge >= 0.3 is 0 Å². The van der Waals surface area contributed by atoms with Crippen LogP contribution in [0.2, 0.25) is 0 Å². The number of amides is 2. The molecule has 0 saturated carbocycles. The third-order valence-electron chi connectivity index (χ3n) is 5.21. The van der Waals surface area contributed by atoms with E-state index in [1.807, 2.05) is 54.2 Å². The number of nitrogens with zero attached hydrogens (tertiary/aromatic N) is 1. The van der Waals surface area contributed by atoms with Gasteiger partial charge in [0, 0.05) is 40.7 Å². The molecule has 6 nitrogen and oxygen atoms in total. The quantitative estimate of drug-likeness (QED) is 0.341. The van der Waals surface area contributed by atoms with E-state index in [1.165, 1.54) is 6.26 Å². The number of imide groups is 1. The lowest BCUT2D eigenvalue weighted by Gasteiger charge is -2.06. The highest BCUT2D eigenvalue weighted by Crippen LogP contribution is 2.40. The molecule has 2 aromatic heterocycles. The fourth-order valence-electron chi connectivity index (χ4n) is 3.88. The fraction of sp³-hybridized carbons (Fsp3) is 0.0909. The zero-order chi connectivity index (χ0) is 20.3. The molecule has 5 rings (SSSR count). The first-order valence-electron chi connectivity index (χ1n) is 8.89. The van der Waals surface area contributed by atoms with Crippen molar-refractivity contribution in [2.45, 2.75) is 0 Å². The maximum Gasteiger partial charge on any atom is 0.259 e. The van der Waals surface area contributed by atoms with Crippen LogP contribution in [-0.2, 0) is 16.6 Å². The topological polar surface area (TPSA) is 73.5 Å². The number of methoxy groups -OCH3 is 1. The average Bonchev–Trinajstić information content (AvgIpc) is 3.34. The van der Waals surface area contributed by atoms with Crippen LogP contribution in [-0.4, -0.2) is 23.5 Å². The van der Waals surface area contributed by atoms with E-state index in [-0.39, 0.29) is 0 Å². The number of rotatable bonds is 3. The molecule has 0 atom stereocenters. The number of aromatic nitrogens is 1. The van der Waals surface area contributed by atoms with Gasteiger partial charge in [-0.1, -0.05) is 18.2 Å². The summed E-state index contributed by atoms with van der Waals surface area (Å²) >= 11 is 2.22. The number of carbonyl (C=O) groups excluding carboxylic acids is 2. The molecule has 0 radical (unpaired) electrons. The Bertz CT molecular complexity index is 1380. The zero-order valence-corrected chi connectivity index (χ0v) is 17.7. The molecule has 1 aliphatic rings. The summed E-state index contributed by atoms with van der Waals surface area (Å²) in [7, 11) is 3.52. The molecule has 2 amide bonds. The molecular formula is C22H15IN2O4. The number of benzene rings is 2. The lowest BCUT2D eigenvalue weighted by molar-refractivity contribution is -0.122. The second-order valence-corrected chi connectivity index (χ2v) is 8.00. The second-order valence-electron chi connectivity index (χ2n) is 6.84. The van der Waals surface area contributed by atoms with E-state index in [4.69, 9.17) is 9.15 Å². The molecule has 0 saturated heterocycles. The first kappa shape index (κ1) is 18.0. The predicted molar refractivity (Wildman–Crippen MR) is 118 cm³/mol. The van der Waals surface area contributed by atoms with Gasteiger partial charge in [-0.05, 0) is 40.8 Å². The van der Waals surface area contributed by atoms with Crippen molar-refractivity contribution in [1.29, 1.82) is 0 Å². The van der Waals surface area contributed by atoms with Gasteiger partial charge < -0.3 is 13.7 Å². The maximum atomic E-state index is 12.8. The van der Waals surface area contributed by atoms with Gasteiger partial charge in [0.05, 0.1) is 28.1 Å². The highest BCUT2D eigenvalue weighted by molar-refractivity contribution is 14.1. The van der Waals surface area contributed by atoms with E-state index in [9.17, 15) is 9.59 Å². The Morgan fingerprint density at radius 1 is 1.03 bits per heavy atom. The van der Waals surface area contributed by atoms with Gasteiger partial charge in [0.1, 0.15) is 11.3 Å². The number of hydrogen-bond donors (Lipinski definition) is 1. The van der Waals surface area contributed by atoms with Crippen molar-refractivity contribution in [1.82, 2.24) is 9.88 Å². The standard InChI is InChI=1S/C22H15IN2O4/c1-25-9-13(12-7-18(28-2)15(23)8-16(12)25)19-20(22(27)24-21(19)26)14-10-29-17-6-4-3-5-11(14)17/h3-10H,1-2H3,(H,24,26,27). The van der Waals surface area contributed by atoms with E-state index in [0.29, 0.717) is 33.6 Å². The minimum Gasteiger partial charge on any atom is -0.496 e. The summed E-state index contributed by atoms with van der Waals surface area (Å²) in [5.74, 6) is -0.127. The van der Waals surface area contributed by atoms with E-state index in [2.05, 4.69) is 27.9 Å². The number of halogens is 1. The fourth-order valence-corrected chi connectivity index (χ4v) is 4.55. The maximum absolute atomic E-state index is 12.8. The Balaban J connectivity index is 1.85. The van der Waals surface area contributed by atoms with Gasteiger partial charge in [-0.2, -0.15) is 0 Å². The predicted octanol–water partition coefficient (Wildman–Crippen LogP) is 4.10. The van der Waals surface area contributed by atoms with Crippen LogP contribution in [0.4, 0.5) is 0 Å². The normalized spacial score (nSPS) is 14.3. The molecular weight excluding hydrogens is 483 g/mol. The van der Waals surface area contributed by atoms with Crippen LogP contribution < -0.4 is 10.1 Å². The number of nitrogens with one attached hydrogen (secondary N) is 1. The molecule has 144 valence electrons. The number of furan rings is 1. The number of fused-ring (bicyclic) bond motifs is 2. The van der Waals surface area contributed by atoms with Crippen LogP contribution in [0.5, 0.6) is 5.75 Å². The molecule has 3 heterocycles. The molecule has 29 heavy (non-hydrogen) atoms. The van der Waals surface area contributed by atoms with Crippen molar-refractivity contribution in [3.8, 4) is 5.75 Å². The molecule has 1 aliphatic heterocycles. The van der Waals surface area contributed by atoms with Gasteiger partial charge in [0.15, 0.2) is 0 Å². The lowest BCUT2D eigenvalue weighted by Crippen LogP contribution is -2.22. The molecule has 2 aromatic carbocycles. The van der Waals surface area contributed by atoms with Crippen molar-refractivity contribution in [3.63, 3.8) is 0 Å². The number of carbonyl (C=O) groups is 2. The minimum absolute atomic E-state index is 0.324. The molecule has 0 unspecified atom stereocenters. The van der Waals surface area contributed by atoms with E-state index in [0.717, 1.165) is 19.9 Å². The van der Waals surface area contributed by atoms with Crippen molar-refractivity contribution < 1.29 is 18.7 Å². The zero-order valence-electron chi connectivity index (χ0n) is 15.6. The molecule has 7 heteroatoms. The van der Waals surface area contributed by atoms with Crippen LogP contribution in [0, 0.1) is 3.57 Å². The Morgan fingerprint density at radius 3 is 2.52 bits per heavy atom. The van der Waals surface area contributed by atoms with Crippen molar-refractivity contribution in [2.75, 3.05) is 7.11 Å². The highest BCUT2D eigenvalue weighted by atomic mass is 127. The SMILES string of the molecule is COc1cc2c(C3=C(c4coc5ccccc45)C(=O)NC3=O)cn(C)c2cc1I. The van der Waals surface area contributed by atoms with Crippen LogP contribution in [0.1, 0.15) is 11.1 Å². The highest BCUT2D eigenvalue weighted by Gasteiger charge is 2.35. The Labute approximate surface area is 179 Å². The molecule has 0 fully saturated rings. The number of para-hydroxylation sites is 1. The van der Waals surface area contributed by atoms with Crippen LogP contribution in [0.25, 0.3) is 33.0 Å². The smallest absolute Gasteiger partial charge is 0.259 e. The van der Waals surface area contributed by atoms with E-state index < -0.39 is 11.8 Å². The van der Waals surface area contributed by atoms with Crippen LogP contribution >= 0.6 is 22.6 Å². The van der Waals surface area contributed by atoms with Gasteiger partial charge in [0.25, 0.3) is 11.8 Å². The number of hydrogen-bond acceptors (Lipinski definition) is 4. The summed E-state index contributed by atoms with van der Waals surface area (Å²) < 4.78 is 14.0. The van der Waals surface area contributed by atoms with Crippen LogP contribution in [0.15, 0.2) is 53.3 Å². The number of aryl methyl sites for hydroxylation is 1. The third-order valence-corrected chi connectivity index (χ3v) is 6.06. The van der Waals surface area contributed by atoms with Crippen LogP contribution in [0.3, 0.4) is 0 Å². The summed E-state index contributed by atoms with van der Waals surface area (Å²) in [6.45, 7) is 0. The molecule has 4 aromatic rings. The van der Waals surface area contributed by atoms with Crippen molar-refractivity contribution in [2.24, 2.45) is 7.05 Å². The number of ether oxygens (including phenoxy) is 1. The van der Waals surface area contributed by atoms with Gasteiger partial charge in [-0.3, -0.25) is 14.9 Å². The molecule has 1 N–H and O–H groups in total. The molecule has 0 bridgehead atoms. The second kappa shape index (κ2) is 6.48. The van der Waals surface area contributed by atoms with Crippen molar-refractivity contribution in [3.05, 3.63) is 63.6 Å². The first-order chi connectivity index (χ1) is 14.0. The third kappa shape index (κ3) is 2.61. The Morgan fingerprint density at radius 2 is 1.76 bits per heavy atom. The Kier molecular flexibility index (Phi) is 4.02.